The Balaban J connectivity index is 3.25. The van der Waals surface area contributed by atoms with Gasteiger partial charge in [0.05, 0.1) is 20.3 Å². The third-order valence-electron chi connectivity index (χ3n) is 1.70. The fraction of sp³-hybridized carbons (Fsp3) is 0.500. The zero-order valence-corrected chi connectivity index (χ0v) is 9.68. The van der Waals surface area contributed by atoms with Crippen molar-refractivity contribution in [2.75, 3.05) is 14.2 Å². The lowest BCUT2D eigenvalue weighted by molar-refractivity contribution is 0.111. The van der Waals surface area contributed by atoms with E-state index in [1.54, 1.807) is 0 Å². The van der Waals surface area contributed by atoms with Crippen LogP contribution >= 0.6 is 0 Å². The van der Waals surface area contributed by atoms with E-state index < -0.39 is 0 Å². The Morgan fingerprint density at radius 2 is 1.75 bits per heavy atom. The quantitative estimate of drug-likeness (QED) is 0.700. The Kier molecular flexibility index (Phi) is 4.04. The molecule has 0 saturated carbocycles. The van der Waals surface area contributed by atoms with Crippen molar-refractivity contribution in [3.63, 3.8) is 0 Å². The van der Waals surface area contributed by atoms with Crippen LogP contribution in [-0.4, -0.2) is 36.6 Å². The van der Waals surface area contributed by atoms with Crippen LogP contribution in [0.5, 0.6) is 17.8 Å². The first kappa shape index (κ1) is 12.2. The summed E-state index contributed by atoms with van der Waals surface area (Å²) in [7, 11) is 2.84. The lowest BCUT2D eigenvalue weighted by Crippen LogP contribution is -2.11. The molecule has 0 N–H and O–H groups in total. The molecule has 0 fully saturated rings. The van der Waals surface area contributed by atoms with Gasteiger partial charge in [0.15, 0.2) is 6.29 Å². The fourth-order valence-corrected chi connectivity index (χ4v) is 1.07. The van der Waals surface area contributed by atoms with Crippen LogP contribution in [-0.2, 0) is 0 Å². The molecule has 0 bridgehead atoms. The maximum Gasteiger partial charge on any atom is 0.322 e. The zero-order valence-electron chi connectivity index (χ0n) is 9.68. The molecule has 0 amide bonds. The highest BCUT2D eigenvalue weighted by Crippen LogP contribution is 2.26. The van der Waals surface area contributed by atoms with E-state index >= 15 is 0 Å². The topological polar surface area (TPSA) is 70.5 Å². The van der Waals surface area contributed by atoms with Gasteiger partial charge in [0.25, 0.3) is 0 Å². The van der Waals surface area contributed by atoms with E-state index in [1.807, 2.05) is 13.8 Å². The minimum atomic E-state index is -0.108. The highest BCUT2D eigenvalue weighted by atomic mass is 16.5. The van der Waals surface area contributed by atoms with Crippen molar-refractivity contribution in [3.8, 4) is 17.8 Å². The minimum absolute atomic E-state index is 0.0955. The van der Waals surface area contributed by atoms with Crippen LogP contribution in [0.15, 0.2) is 0 Å². The number of carbonyl (C=O) groups excluding carboxylic acids is 1. The summed E-state index contributed by atoms with van der Waals surface area (Å²) >= 11 is 0. The van der Waals surface area contributed by atoms with Crippen molar-refractivity contribution >= 4 is 6.29 Å². The molecule has 6 nitrogen and oxygen atoms in total. The van der Waals surface area contributed by atoms with E-state index in [-0.39, 0.29) is 29.4 Å². The number of aldehydes is 1. The van der Waals surface area contributed by atoms with Gasteiger partial charge in [0, 0.05) is 0 Å². The summed E-state index contributed by atoms with van der Waals surface area (Å²) < 4.78 is 15.2. The summed E-state index contributed by atoms with van der Waals surface area (Å²) in [6.45, 7) is 3.66. The van der Waals surface area contributed by atoms with Gasteiger partial charge in [0.1, 0.15) is 5.56 Å². The standard InChI is InChI=1S/C10H14N2O4/c1-6(2)16-9-7(5-13)8(14-3)11-10(12-9)15-4/h5-6H,1-4H3. The molecular formula is C10H14N2O4. The second-order valence-corrected chi connectivity index (χ2v) is 3.22. The van der Waals surface area contributed by atoms with E-state index in [4.69, 9.17) is 14.2 Å². The summed E-state index contributed by atoms with van der Waals surface area (Å²) in [6, 6.07) is 0.0955. The Morgan fingerprint density at radius 3 is 2.19 bits per heavy atom. The Hall–Kier alpha value is -1.85. The van der Waals surface area contributed by atoms with Gasteiger partial charge in [-0.2, -0.15) is 9.97 Å². The van der Waals surface area contributed by atoms with Crippen molar-refractivity contribution in [3.05, 3.63) is 5.56 Å². The third kappa shape index (κ3) is 2.59. The number of aromatic nitrogens is 2. The number of methoxy groups -OCH3 is 2. The van der Waals surface area contributed by atoms with Gasteiger partial charge >= 0.3 is 6.01 Å². The third-order valence-corrected chi connectivity index (χ3v) is 1.70. The first-order valence-electron chi connectivity index (χ1n) is 4.74. The predicted molar refractivity (Wildman–Crippen MR) is 56.3 cm³/mol. The summed E-state index contributed by atoms with van der Waals surface area (Å²) in [5.41, 5.74) is 0.178. The van der Waals surface area contributed by atoms with Crippen molar-refractivity contribution in [2.24, 2.45) is 0 Å². The lowest BCUT2D eigenvalue weighted by Gasteiger charge is -2.12. The van der Waals surface area contributed by atoms with Crippen LogP contribution in [0.1, 0.15) is 24.2 Å². The molecule has 88 valence electrons. The van der Waals surface area contributed by atoms with Gasteiger partial charge in [-0.3, -0.25) is 4.79 Å². The molecular weight excluding hydrogens is 212 g/mol. The van der Waals surface area contributed by atoms with E-state index in [0.717, 1.165) is 0 Å². The molecule has 1 aromatic rings. The Labute approximate surface area is 93.6 Å². The summed E-state index contributed by atoms with van der Waals surface area (Å²) in [5.74, 6) is 0.297. The summed E-state index contributed by atoms with van der Waals surface area (Å²) in [6.07, 6.45) is 0.485. The molecule has 0 spiro atoms. The van der Waals surface area contributed by atoms with E-state index in [2.05, 4.69) is 9.97 Å². The van der Waals surface area contributed by atoms with Crippen LogP contribution in [0.2, 0.25) is 0 Å². The molecule has 0 unspecified atom stereocenters. The molecule has 0 atom stereocenters. The molecule has 0 aliphatic heterocycles. The van der Waals surface area contributed by atoms with Crippen LogP contribution in [0.4, 0.5) is 0 Å². The minimum Gasteiger partial charge on any atom is -0.480 e. The average molecular weight is 226 g/mol. The fourth-order valence-electron chi connectivity index (χ4n) is 1.07. The predicted octanol–water partition coefficient (Wildman–Crippen LogP) is 1.09. The maximum absolute atomic E-state index is 10.9. The number of rotatable bonds is 5. The molecule has 16 heavy (non-hydrogen) atoms. The van der Waals surface area contributed by atoms with Crippen LogP contribution in [0.25, 0.3) is 0 Å². The molecule has 1 rings (SSSR count). The van der Waals surface area contributed by atoms with E-state index in [1.165, 1.54) is 14.2 Å². The van der Waals surface area contributed by atoms with Crippen LogP contribution in [0.3, 0.4) is 0 Å². The SMILES string of the molecule is COc1nc(OC)c(C=O)c(OC(C)C)n1. The lowest BCUT2D eigenvalue weighted by atomic mass is 10.3. The number of carbonyl (C=O) groups is 1. The number of ether oxygens (including phenoxy) is 3. The van der Waals surface area contributed by atoms with Gasteiger partial charge in [-0.05, 0) is 13.8 Å². The summed E-state index contributed by atoms with van der Waals surface area (Å²) in [4.78, 5) is 18.7. The highest BCUT2D eigenvalue weighted by Gasteiger charge is 2.17. The van der Waals surface area contributed by atoms with Gasteiger partial charge in [-0.1, -0.05) is 0 Å². The molecule has 1 heterocycles. The van der Waals surface area contributed by atoms with Crippen molar-refractivity contribution < 1.29 is 19.0 Å². The van der Waals surface area contributed by atoms with Gasteiger partial charge in [0.2, 0.25) is 11.8 Å². The highest BCUT2D eigenvalue weighted by molar-refractivity contribution is 5.81. The number of nitrogens with zero attached hydrogens (tertiary/aromatic N) is 2. The van der Waals surface area contributed by atoms with Crippen molar-refractivity contribution in [2.45, 2.75) is 20.0 Å². The van der Waals surface area contributed by atoms with Gasteiger partial charge in [-0.15, -0.1) is 0 Å². The normalized spacial score (nSPS) is 10.1. The second-order valence-electron chi connectivity index (χ2n) is 3.22. The van der Waals surface area contributed by atoms with Gasteiger partial charge < -0.3 is 14.2 Å². The van der Waals surface area contributed by atoms with Crippen molar-refractivity contribution in [1.29, 1.82) is 0 Å². The van der Waals surface area contributed by atoms with Crippen LogP contribution < -0.4 is 14.2 Å². The smallest absolute Gasteiger partial charge is 0.322 e. The molecule has 0 radical (unpaired) electrons. The molecule has 0 aromatic carbocycles. The van der Waals surface area contributed by atoms with Gasteiger partial charge in [-0.25, -0.2) is 0 Å². The average Bonchev–Trinajstić information content (AvgIpc) is 2.27. The van der Waals surface area contributed by atoms with E-state index in [9.17, 15) is 4.79 Å². The monoisotopic (exact) mass is 226 g/mol. The zero-order chi connectivity index (χ0) is 12.1. The second kappa shape index (κ2) is 5.29. The number of hydrogen-bond acceptors (Lipinski definition) is 6. The Morgan fingerprint density at radius 1 is 1.12 bits per heavy atom. The van der Waals surface area contributed by atoms with Crippen LogP contribution in [0, 0.1) is 0 Å². The van der Waals surface area contributed by atoms with Crippen molar-refractivity contribution in [1.82, 2.24) is 9.97 Å². The molecule has 0 saturated heterocycles. The first-order chi connectivity index (χ1) is 7.62. The number of hydrogen-bond donors (Lipinski definition) is 0. The molecule has 0 aliphatic carbocycles. The Bertz CT molecular complexity index is 379. The summed E-state index contributed by atoms with van der Waals surface area (Å²) in [5, 5.41) is 0. The molecule has 6 heteroatoms. The van der Waals surface area contributed by atoms with E-state index in [0.29, 0.717) is 6.29 Å². The maximum atomic E-state index is 10.9. The largest absolute Gasteiger partial charge is 0.480 e. The molecule has 1 aromatic heterocycles. The first-order valence-corrected chi connectivity index (χ1v) is 4.74. The molecule has 0 aliphatic rings.